The lowest BCUT2D eigenvalue weighted by Crippen LogP contribution is -2.15. The molecule has 0 radical (unpaired) electrons. The molecular formula is C10H9ClFN5O2S. The highest BCUT2D eigenvalue weighted by molar-refractivity contribution is 7.92. The van der Waals surface area contributed by atoms with E-state index in [9.17, 15) is 12.8 Å². The van der Waals surface area contributed by atoms with Crippen molar-refractivity contribution >= 4 is 33.3 Å². The Morgan fingerprint density at radius 2 is 2.00 bits per heavy atom. The molecule has 2 aromatic heterocycles. The third-order valence-corrected chi connectivity index (χ3v) is 3.84. The van der Waals surface area contributed by atoms with Crippen LogP contribution in [0.5, 0.6) is 0 Å². The van der Waals surface area contributed by atoms with Crippen LogP contribution in [-0.2, 0) is 10.0 Å². The third kappa shape index (κ3) is 3.13. The molecule has 0 amide bonds. The van der Waals surface area contributed by atoms with Crippen LogP contribution in [0.3, 0.4) is 0 Å². The van der Waals surface area contributed by atoms with Crippen LogP contribution in [0.25, 0.3) is 0 Å². The number of nitrogen functional groups attached to an aromatic ring is 1. The average Bonchev–Trinajstić information content (AvgIpc) is 2.41. The summed E-state index contributed by atoms with van der Waals surface area (Å²) >= 11 is 5.80. The zero-order valence-corrected chi connectivity index (χ0v) is 11.4. The van der Waals surface area contributed by atoms with Crippen molar-refractivity contribution in [3.8, 4) is 0 Å². The van der Waals surface area contributed by atoms with E-state index in [2.05, 4.69) is 20.1 Å². The van der Waals surface area contributed by atoms with Crippen molar-refractivity contribution in [2.45, 2.75) is 4.90 Å². The molecule has 7 nitrogen and oxygen atoms in total. The first-order valence-electron chi connectivity index (χ1n) is 5.19. The van der Waals surface area contributed by atoms with Gasteiger partial charge < -0.3 is 5.43 Å². The van der Waals surface area contributed by atoms with Crippen molar-refractivity contribution < 1.29 is 12.8 Å². The van der Waals surface area contributed by atoms with Crippen LogP contribution >= 0.6 is 11.6 Å². The largest absolute Gasteiger partial charge is 0.307 e. The number of rotatable bonds is 4. The molecule has 0 saturated heterocycles. The Morgan fingerprint density at radius 3 is 2.55 bits per heavy atom. The molecule has 0 spiro atoms. The second-order valence-electron chi connectivity index (χ2n) is 3.61. The molecule has 0 aromatic carbocycles. The SMILES string of the molecule is NNc1ncc(S(=O)(=O)Nc2ccc(F)cn2)cc1Cl. The Morgan fingerprint density at radius 1 is 1.25 bits per heavy atom. The van der Waals surface area contributed by atoms with E-state index in [0.29, 0.717) is 0 Å². The highest BCUT2D eigenvalue weighted by Gasteiger charge is 2.17. The summed E-state index contributed by atoms with van der Waals surface area (Å²) in [5.41, 5.74) is 2.22. The van der Waals surface area contributed by atoms with Crippen molar-refractivity contribution in [2.24, 2.45) is 5.84 Å². The summed E-state index contributed by atoms with van der Waals surface area (Å²) in [6.07, 6.45) is 1.97. The second kappa shape index (κ2) is 5.57. The van der Waals surface area contributed by atoms with E-state index in [4.69, 9.17) is 17.4 Å². The Kier molecular flexibility index (Phi) is 4.02. The highest BCUT2D eigenvalue weighted by atomic mass is 35.5. The van der Waals surface area contributed by atoms with Crippen molar-refractivity contribution in [2.75, 3.05) is 10.1 Å². The van der Waals surface area contributed by atoms with Crippen LogP contribution in [0.2, 0.25) is 5.02 Å². The maximum absolute atomic E-state index is 12.7. The molecule has 0 fully saturated rings. The smallest absolute Gasteiger partial charge is 0.264 e. The molecule has 0 saturated carbocycles. The molecule has 10 heteroatoms. The molecular weight excluding hydrogens is 309 g/mol. The molecule has 0 aliphatic rings. The molecule has 0 bridgehead atoms. The van der Waals surface area contributed by atoms with Crippen LogP contribution in [0.4, 0.5) is 16.0 Å². The van der Waals surface area contributed by atoms with Gasteiger partial charge in [-0.15, -0.1) is 0 Å². The minimum absolute atomic E-state index is 0.0245. The Balaban J connectivity index is 2.30. The number of hydrogen-bond acceptors (Lipinski definition) is 6. The molecule has 0 aliphatic heterocycles. The van der Waals surface area contributed by atoms with Gasteiger partial charge in [0.15, 0.2) is 5.82 Å². The van der Waals surface area contributed by atoms with Crippen molar-refractivity contribution in [1.82, 2.24) is 9.97 Å². The van der Waals surface area contributed by atoms with Crippen LogP contribution in [-0.4, -0.2) is 18.4 Å². The fraction of sp³-hybridized carbons (Fsp3) is 0. The number of aromatic nitrogens is 2. The molecule has 2 aromatic rings. The number of nitrogens with one attached hydrogen (secondary N) is 2. The molecule has 20 heavy (non-hydrogen) atoms. The number of pyridine rings is 2. The number of halogens is 2. The van der Waals surface area contributed by atoms with Gasteiger partial charge in [0.2, 0.25) is 0 Å². The van der Waals surface area contributed by atoms with E-state index in [-0.39, 0.29) is 21.6 Å². The van der Waals surface area contributed by atoms with Gasteiger partial charge in [-0.3, -0.25) is 4.72 Å². The summed E-state index contributed by atoms with van der Waals surface area (Å²) in [5.74, 6) is 4.69. The molecule has 0 aliphatic carbocycles. The van der Waals surface area contributed by atoms with Gasteiger partial charge in [0, 0.05) is 6.20 Å². The van der Waals surface area contributed by atoms with E-state index < -0.39 is 15.8 Å². The van der Waals surface area contributed by atoms with E-state index in [1.165, 1.54) is 12.1 Å². The quantitative estimate of drug-likeness (QED) is 0.580. The number of anilines is 2. The van der Waals surface area contributed by atoms with Gasteiger partial charge in [-0.05, 0) is 18.2 Å². The predicted molar refractivity (Wildman–Crippen MR) is 72.1 cm³/mol. The van der Waals surface area contributed by atoms with Gasteiger partial charge in [0.05, 0.1) is 11.2 Å². The predicted octanol–water partition coefficient (Wildman–Crippen LogP) is 1.36. The fourth-order valence-electron chi connectivity index (χ4n) is 1.31. The summed E-state index contributed by atoms with van der Waals surface area (Å²) in [4.78, 5) is 7.17. The molecule has 0 atom stereocenters. The second-order valence-corrected chi connectivity index (χ2v) is 5.70. The number of nitrogens with zero attached hydrogens (tertiary/aromatic N) is 2. The maximum atomic E-state index is 12.7. The van der Waals surface area contributed by atoms with Crippen LogP contribution in [0, 0.1) is 5.82 Å². The summed E-state index contributed by atoms with van der Waals surface area (Å²) in [5, 5.41) is 0.0439. The molecule has 106 valence electrons. The van der Waals surface area contributed by atoms with Crippen LogP contribution in [0.1, 0.15) is 0 Å². The zero-order valence-electron chi connectivity index (χ0n) is 9.84. The molecule has 4 N–H and O–H groups in total. The monoisotopic (exact) mass is 317 g/mol. The number of hydrogen-bond donors (Lipinski definition) is 3. The number of sulfonamides is 1. The Hall–Kier alpha value is -1.97. The highest BCUT2D eigenvalue weighted by Crippen LogP contribution is 2.22. The van der Waals surface area contributed by atoms with Gasteiger partial charge in [-0.2, -0.15) is 0 Å². The topological polar surface area (TPSA) is 110 Å². The summed E-state index contributed by atoms with van der Waals surface area (Å²) in [6.45, 7) is 0. The lowest BCUT2D eigenvalue weighted by atomic mass is 10.4. The third-order valence-electron chi connectivity index (χ3n) is 2.23. The van der Waals surface area contributed by atoms with Crippen LogP contribution < -0.4 is 16.0 Å². The normalized spacial score (nSPS) is 11.2. The minimum Gasteiger partial charge on any atom is -0.307 e. The maximum Gasteiger partial charge on any atom is 0.264 e. The van der Waals surface area contributed by atoms with Gasteiger partial charge in [-0.1, -0.05) is 11.6 Å². The van der Waals surface area contributed by atoms with E-state index in [1.54, 1.807) is 0 Å². The Labute approximate surface area is 119 Å². The van der Waals surface area contributed by atoms with Gasteiger partial charge in [-0.25, -0.2) is 28.6 Å². The zero-order chi connectivity index (χ0) is 14.8. The number of nitrogens with two attached hydrogens (primary N) is 1. The van der Waals surface area contributed by atoms with E-state index in [0.717, 1.165) is 18.5 Å². The summed E-state index contributed by atoms with van der Waals surface area (Å²) < 4.78 is 38.9. The fourth-order valence-corrected chi connectivity index (χ4v) is 2.57. The Bertz CT molecular complexity index is 723. The number of hydrazine groups is 1. The first kappa shape index (κ1) is 14.4. The standard InChI is InChI=1S/C10H9ClFN5O2S/c11-8-3-7(5-15-10(8)16-13)20(18,19)17-9-2-1-6(12)4-14-9/h1-5H,13H2,(H,14,17)(H,15,16). The summed E-state index contributed by atoms with van der Waals surface area (Å²) in [6, 6.07) is 3.45. The first-order chi connectivity index (χ1) is 9.42. The molecule has 0 unspecified atom stereocenters. The van der Waals surface area contributed by atoms with Gasteiger partial charge in [0.25, 0.3) is 10.0 Å². The van der Waals surface area contributed by atoms with E-state index in [1.807, 2.05) is 0 Å². The van der Waals surface area contributed by atoms with Crippen molar-refractivity contribution in [1.29, 1.82) is 0 Å². The van der Waals surface area contributed by atoms with Gasteiger partial charge in [0.1, 0.15) is 16.5 Å². The first-order valence-corrected chi connectivity index (χ1v) is 7.05. The van der Waals surface area contributed by atoms with Crippen molar-refractivity contribution in [3.63, 3.8) is 0 Å². The van der Waals surface area contributed by atoms with E-state index >= 15 is 0 Å². The average molecular weight is 318 g/mol. The lowest BCUT2D eigenvalue weighted by Gasteiger charge is -2.08. The molecule has 2 rings (SSSR count). The minimum atomic E-state index is -3.92. The van der Waals surface area contributed by atoms with Crippen molar-refractivity contribution in [3.05, 3.63) is 41.4 Å². The lowest BCUT2D eigenvalue weighted by molar-refractivity contribution is 0.600. The molecule has 2 heterocycles. The van der Waals surface area contributed by atoms with Crippen LogP contribution in [0.15, 0.2) is 35.5 Å². The van der Waals surface area contributed by atoms with Gasteiger partial charge >= 0.3 is 0 Å². The summed E-state index contributed by atoms with van der Waals surface area (Å²) in [7, 11) is -3.92.